The molecule has 0 amide bonds. The van der Waals surface area contributed by atoms with Crippen LogP contribution in [-0.2, 0) is 9.53 Å². The number of rotatable bonds is 14. The van der Waals surface area contributed by atoms with E-state index in [-0.39, 0.29) is 6.10 Å². The van der Waals surface area contributed by atoms with Crippen molar-refractivity contribution < 1.29 is 19.7 Å². The summed E-state index contributed by atoms with van der Waals surface area (Å²) in [6.07, 6.45) is 13.9. The summed E-state index contributed by atoms with van der Waals surface area (Å²) in [5.41, 5.74) is 0. The number of hydrogen-bond acceptors (Lipinski definition) is 3. The van der Waals surface area contributed by atoms with Gasteiger partial charge in [-0.1, -0.05) is 45.4 Å². The van der Waals surface area contributed by atoms with Crippen molar-refractivity contribution in [2.45, 2.75) is 103 Å². The predicted molar refractivity (Wildman–Crippen MR) is 99.5 cm³/mol. The zero-order valence-electron chi connectivity index (χ0n) is 16.0. The average Bonchev–Trinajstić information content (AvgIpc) is 3.17. The summed E-state index contributed by atoms with van der Waals surface area (Å²) in [5, 5.41) is 18.9. The van der Waals surface area contributed by atoms with Gasteiger partial charge in [0.25, 0.3) is 0 Å². The zero-order chi connectivity index (χ0) is 18.1. The number of aliphatic hydroxyl groups is 1. The molecule has 4 nitrogen and oxygen atoms in total. The van der Waals surface area contributed by atoms with E-state index in [1.165, 1.54) is 32.1 Å². The monoisotopic (exact) mass is 354 g/mol. The third-order valence-corrected chi connectivity index (χ3v) is 6.34. The SMILES string of the molecule is CCCCC[C@H](O)CC[C@H]1[C@H]2CO[C@H](C2)[C@@H]1CCCCCCC(=O)O. The lowest BCUT2D eigenvalue weighted by Crippen LogP contribution is -2.30. The topological polar surface area (TPSA) is 66.8 Å². The Labute approximate surface area is 153 Å². The van der Waals surface area contributed by atoms with Gasteiger partial charge < -0.3 is 14.9 Å². The molecule has 2 rings (SSSR count). The van der Waals surface area contributed by atoms with Crippen molar-refractivity contribution >= 4 is 5.97 Å². The lowest BCUT2D eigenvalue weighted by atomic mass is 9.80. The first-order valence-electron chi connectivity index (χ1n) is 10.6. The highest BCUT2D eigenvalue weighted by Gasteiger charge is 2.47. The molecule has 4 heteroatoms. The van der Waals surface area contributed by atoms with Gasteiger partial charge in [-0.15, -0.1) is 0 Å². The van der Waals surface area contributed by atoms with Gasteiger partial charge in [0.1, 0.15) is 0 Å². The van der Waals surface area contributed by atoms with Crippen LogP contribution < -0.4 is 0 Å². The number of fused-ring (bicyclic) bond motifs is 2. The summed E-state index contributed by atoms with van der Waals surface area (Å²) in [7, 11) is 0. The first kappa shape index (κ1) is 20.7. The van der Waals surface area contributed by atoms with Gasteiger partial charge in [0, 0.05) is 6.42 Å². The van der Waals surface area contributed by atoms with E-state index in [1.807, 2.05) is 0 Å². The Bertz CT molecular complexity index is 384. The molecule has 2 bridgehead atoms. The third-order valence-electron chi connectivity index (χ3n) is 6.34. The molecule has 25 heavy (non-hydrogen) atoms. The van der Waals surface area contributed by atoms with E-state index in [2.05, 4.69) is 6.92 Å². The lowest BCUT2D eigenvalue weighted by Gasteiger charge is -2.32. The smallest absolute Gasteiger partial charge is 0.303 e. The summed E-state index contributed by atoms with van der Waals surface area (Å²) in [5.74, 6) is 1.43. The first-order valence-corrected chi connectivity index (χ1v) is 10.6. The van der Waals surface area contributed by atoms with E-state index in [9.17, 15) is 9.90 Å². The van der Waals surface area contributed by atoms with Crippen molar-refractivity contribution in [1.82, 2.24) is 0 Å². The molecule has 1 heterocycles. The molecule has 146 valence electrons. The molecule has 0 radical (unpaired) electrons. The number of carbonyl (C=O) groups is 1. The second kappa shape index (κ2) is 11.2. The lowest BCUT2D eigenvalue weighted by molar-refractivity contribution is -0.137. The highest BCUT2D eigenvalue weighted by molar-refractivity contribution is 5.66. The summed E-state index contributed by atoms with van der Waals surface area (Å²) in [4.78, 5) is 10.5. The van der Waals surface area contributed by atoms with Crippen molar-refractivity contribution in [3.8, 4) is 0 Å². The molecule has 1 aliphatic carbocycles. The molecule has 0 unspecified atom stereocenters. The van der Waals surface area contributed by atoms with Gasteiger partial charge in [-0.2, -0.15) is 0 Å². The van der Waals surface area contributed by atoms with Gasteiger partial charge in [0.05, 0.1) is 18.8 Å². The molecule has 0 aromatic heterocycles. The van der Waals surface area contributed by atoms with E-state index >= 15 is 0 Å². The van der Waals surface area contributed by atoms with E-state index in [0.717, 1.165) is 57.5 Å². The van der Waals surface area contributed by atoms with Crippen LogP contribution in [0.4, 0.5) is 0 Å². The molecule has 0 aromatic carbocycles. The molecule has 5 atom stereocenters. The Morgan fingerprint density at radius 1 is 1.04 bits per heavy atom. The van der Waals surface area contributed by atoms with Crippen LogP contribution in [0.15, 0.2) is 0 Å². The van der Waals surface area contributed by atoms with Crippen LogP contribution in [0.5, 0.6) is 0 Å². The number of carboxylic acid groups (broad SMARTS) is 1. The Balaban J connectivity index is 1.65. The van der Waals surface area contributed by atoms with E-state index < -0.39 is 5.97 Å². The van der Waals surface area contributed by atoms with E-state index in [0.29, 0.717) is 24.4 Å². The quantitative estimate of drug-likeness (QED) is 0.440. The number of unbranched alkanes of at least 4 members (excludes halogenated alkanes) is 5. The van der Waals surface area contributed by atoms with Crippen molar-refractivity contribution in [3.63, 3.8) is 0 Å². The van der Waals surface area contributed by atoms with Crippen molar-refractivity contribution in [1.29, 1.82) is 0 Å². The summed E-state index contributed by atoms with van der Waals surface area (Å²) < 4.78 is 5.95. The van der Waals surface area contributed by atoms with E-state index in [1.54, 1.807) is 0 Å². The van der Waals surface area contributed by atoms with E-state index in [4.69, 9.17) is 9.84 Å². The fourth-order valence-electron chi connectivity index (χ4n) is 4.92. The van der Waals surface area contributed by atoms with Crippen molar-refractivity contribution in [3.05, 3.63) is 0 Å². The van der Waals surface area contributed by atoms with Crippen LogP contribution in [-0.4, -0.2) is 35.0 Å². The molecular weight excluding hydrogens is 316 g/mol. The molecule has 0 aromatic rings. The predicted octanol–water partition coefficient (Wildman–Crippen LogP) is 4.78. The molecule has 0 spiro atoms. The second-order valence-corrected chi connectivity index (χ2v) is 8.27. The number of ether oxygens (including phenoxy) is 1. The minimum absolute atomic E-state index is 0.122. The maximum absolute atomic E-state index is 10.5. The molecule has 2 aliphatic rings. The number of hydrogen-bond donors (Lipinski definition) is 2. The fourth-order valence-corrected chi connectivity index (χ4v) is 4.92. The van der Waals surface area contributed by atoms with Gasteiger partial charge in [-0.05, 0) is 56.3 Å². The van der Waals surface area contributed by atoms with Gasteiger partial charge in [0.15, 0.2) is 0 Å². The highest BCUT2D eigenvalue weighted by Crippen LogP contribution is 2.49. The third kappa shape index (κ3) is 6.90. The zero-order valence-corrected chi connectivity index (χ0v) is 16.0. The van der Waals surface area contributed by atoms with Crippen LogP contribution in [0.3, 0.4) is 0 Å². The van der Waals surface area contributed by atoms with Crippen molar-refractivity contribution in [2.75, 3.05) is 6.61 Å². The molecule has 1 saturated heterocycles. The highest BCUT2D eigenvalue weighted by atomic mass is 16.5. The minimum atomic E-state index is -0.681. The van der Waals surface area contributed by atoms with Crippen LogP contribution in [0, 0.1) is 17.8 Å². The molecule has 2 N–H and O–H groups in total. The Morgan fingerprint density at radius 2 is 1.84 bits per heavy atom. The normalized spacial score (nSPS) is 29.2. The van der Waals surface area contributed by atoms with Crippen LogP contribution in [0.25, 0.3) is 0 Å². The fraction of sp³-hybridized carbons (Fsp3) is 0.952. The van der Waals surface area contributed by atoms with Crippen molar-refractivity contribution in [2.24, 2.45) is 17.8 Å². The Kier molecular flexibility index (Phi) is 9.25. The molecule has 2 fully saturated rings. The minimum Gasteiger partial charge on any atom is -0.481 e. The second-order valence-electron chi connectivity index (χ2n) is 8.27. The molecule has 1 saturated carbocycles. The summed E-state index contributed by atoms with van der Waals surface area (Å²) >= 11 is 0. The Morgan fingerprint density at radius 3 is 2.60 bits per heavy atom. The number of aliphatic carboxylic acids is 1. The van der Waals surface area contributed by atoms with Crippen LogP contribution in [0.1, 0.15) is 90.4 Å². The van der Waals surface area contributed by atoms with Crippen LogP contribution >= 0.6 is 0 Å². The van der Waals surface area contributed by atoms with Gasteiger partial charge >= 0.3 is 5.97 Å². The maximum Gasteiger partial charge on any atom is 0.303 e. The summed E-state index contributed by atoms with van der Waals surface area (Å²) in [6.45, 7) is 3.13. The number of carboxylic acids is 1. The maximum atomic E-state index is 10.5. The molecular formula is C21H38O4. The Hall–Kier alpha value is -0.610. The van der Waals surface area contributed by atoms with Gasteiger partial charge in [-0.3, -0.25) is 4.79 Å². The molecule has 1 aliphatic heterocycles. The number of aliphatic hydroxyl groups excluding tert-OH is 1. The first-order chi connectivity index (χ1) is 12.1. The van der Waals surface area contributed by atoms with Gasteiger partial charge in [-0.25, -0.2) is 0 Å². The summed E-state index contributed by atoms with van der Waals surface area (Å²) in [6, 6.07) is 0. The standard InChI is InChI=1S/C21H38O4/c1-2-3-6-9-17(22)12-13-18-16-14-20(25-15-16)19(18)10-7-4-5-8-11-21(23)24/h16-20,22H,2-15H2,1H3,(H,23,24)/t16-,17+,18+,19-,20-/m1/s1. The van der Waals surface area contributed by atoms with Crippen LogP contribution in [0.2, 0.25) is 0 Å². The van der Waals surface area contributed by atoms with Gasteiger partial charge in [0.2, 0.25) is 0 Å². The average molecular weight is 355 g/mol. The largest absolute Gasteiger partial charge is 0.481 e.